The van der Waals surface area contributed by atoms with Crippen molar-refractivity contribution >= 4 is 5.91 Å². The van der Waals surface area contributed by atoms with Gasteiger partial charge in [0, 0.05) is 12.0 Å². The second kappa shape index (κ2) is 6.55. The molecule has 25 heavy (non-hydrogen) atoms. The molecule has 132 valence electrons. The molecule has 1 amide bonds. The molecule has 0 saturated heterocycles. The van der Waals surface area contributed by atoms with Crippen LogP contribution in [-0.4, -0.2) is 11.5 Å². The van der Waals surface area contributed by atoms with Crippen LogP contribution in [0.25, 0.3) is 0 Å². The first kappa shape index (κ1) is 17.5. The van der Waals surface area contributed by atoms with Crippen LogP contribution in [-0.2, 0) is 11.2 Å². The number of fused-ring (bicyclic) bond motifs is 1. The van der Waals surface area contributed by atoms with E-state index in [0.29, 0.717) is 6.42 Å². The van der Waals surface area contributed by atoms with Crippen molar-refractivity contribution in [3.63, 3.8) is 0 Å². The summed E-state index contributed by atoms with van der Waals surface area (Å²) in [6, 6.07) is 12.4. The molecular weight excluding hydrogens is 310 g/mol. The average molecular weight is 337 g/mol. The van der Waals surface area contributed by atoms with Gasteiger partial charge < -0.3 is 10.1 Å². The third kappa shape index (κ3) is 4.04. The van der Waals surface area contributed by atoms with Crippen molar-refractivity contribution in [1.29, 1.82) is 0 Å². The Morgan fingerprint density at radius 2 is 1.88 bits per heavy atom. The normalized spacial score (nSPS) is 18.2. The Kier molecular flexibility index (Phi) is 4.59. The van der Waals surface area contributed by atoms with Crippen LogP contribution in [0.1, 0.15) is 54.1 Å². The zero-order chi connectivity index (χ0) is 18.2. The predicted octanol–water partition coefficient (Wildman–Crippen LogP) is 4.57. The van der Waals surface area contributed by atoms with Gasteiger partial charge in [-0.2, -0.15) is 0 Å². The molecule has 0 bridgehead atoms. The zero-order valence-corrected chi connectivity index (χ0v) is 15.8. The number of ether oxygens (including phenoxy) is 1. The molecule has 3 heteroatoms. The van der Waals surface area contributed by atoms with Crippen LogP contribution >= 0.6 is 0 Å². The number of hydrogen-bond acceptors (Lipinski definition) is 2. The van der Waals surface area contributed by atoms with E-state index in [1.807, 2.05) is 18.2 Å². The Morgan fingerprint density at radius 1 is 1.12 bits per heavy atom. The third-order valence-corrected chi connectivity index (χ3v) is 4.89. The van der Waals surface area contributed by atoms with E-state index in [4.69, 9.17) is 4.74 Å². The summed E-state index contributed by atoms with van der Waals surface area (Å²) in [6.45, 7) is 10.4. The minimum Gasteiger partial charge on any atom is -0.487 e. The third-order valence-electron chi connectivity index (χ3n) is 4.89. The fourth-order valence-electron chi connectivity index (χ4n) is 3.45. The van der Waals surface area contributed by atoms with E-state index < -0.39 is 0 Å². The highest BCUT2D eigenvalue weighted by molar-refractivity contribution is 5.79. The highest BCUT2D eigenvalue weighted by Crippen LogP contribution is 2.39. The standard InChI is InChI=1S/C22H27NO2/c1-14-6-9-20-18(10-14)19(13-22(4,5)25-20)23-21(24)12-17-8-7-15(2)16(3)11-17/h6-11,19H,12-13H2,1-5H3,(H,23,24). The molecule has 3 nitrogen and oxygen atoms in total. The van der Waals surface area contributed by atoms with Gasteiger partial charge in [0.1, 0.15) is 11.4 Å². The first-order valence-corrected chi connectivity index (χ1v) is 8.88. The second-order valence-corrected chi connectivity index (χ2v) is 7.82. The van der Waals surface area contributed by atoms with Gasteiger partial charge in [-0.3, -0.25) is 4.79 Å². The molecular formula is C22H27NO2. The van der Waals surface area contributed by atoms with E-state index in [0.717, 1.165) is 23.3 Å². The number of amides is 1. The number of carbonyl (C=O) groups excluding carboxylic acids is 1. The van der Waals surface area contributed by atoms with E-state index in [-0.39, 0.29) is 17.6 Å². The molecule has 2 aromatic rings. The molecule has 1 aliphatic rings. The molecule has 0 aromatic heterocycles. The number of nitrogens with one attached hydrogen (secondary N) is 1. The summed E-state index contributed by atoms with van der Waals surface area (Å²) in [4.78, 5) is 12.6. The van der Waals surface area contributed by atoms with Crippen molar-refractivity contribution in [2.45, 2.75) is 59.1 Å². The summed E-state index contributed by atoms with van der Waals surface area (Å²) in [7, 11) is 0. The van der Waals surface area contributed by atoms with Crippen LogP contribution < -0.4 is 10.1 Å². The molecule has 0 radical (unpaired) electrons. The summed E-state index contributed by atoms with van der Waals surface area (Å²) in [5.74, 6) is 0.928. The molecule has 1 heterocycles. The lowest BCUT2D eigenvalue weighted by Gasteiger charge is -2.38. The van der Waals surface area contributed by atoms with Crippen LogP contribution in [0.2, 0.25) is 0 Å². The highest BCUT2D eigenvalue weighted by atomic mass is 16.5. The minimum atomic E-state index is -0.291. The number of carbonyl (C=O) groups is 1. The van der Waals surface area contributed by atoms with E-state index in [2.05, 4.69) is 58.1 Å². The van der Waals surface area contributed by atoms with Crippen LogP contribution in [0.15, 0.2) is 36.4 Å². The Hall–Kier alpha value is -2.29. The molecule has 3 rings (SSSR count). The molecule has 1 unspecified atom stereocenters. The van der Waals surface area contributed by atoms with Crippen molar-refractivity contribution < 1.29 is 9.53 Å². The number of hydrogen-bond donors (Lipinski definition) is 1. The Balaban J connectivity index is 1.78. The van der Waals surface area contributed by atoms with Crippen molar-refractivity contribution in [3.05, 3.63) is 64.2 Å². The highest BCUT2D eigenvalue weighted by Gasteiger charge is 2.34. The topological polar surface area (TPSA) is 38.3 Å². The van der Waals surface area contributed by atoms with Gasteiger partial charge in [-0.15, -0.1) is 0 Å². The summed E-state index contributed by atoms with van der Waals surface area (Å²) >= 11 is 0. The lowest BCUT2D eigenvalue weighted by molar-refractivity contribution is -0.121. The molecule has 0 saturated carbocycles. The van der Waals surface area contributed by atoms with Crippen molar-refractivity contribution in [1.82, 2.24) is 5.32 Å². The molecule has 0 fully saturated rings. The first-order valence-electron chi connectivity index (χ1n) is 8.88. The maximum Gasteiger partial charge on any atom is 0.224 e. The first-order chi connectivity index (χ1) is 11.7. The fraction of sp³-hybridized carbons (Fsp3) is 0.409. The van der Waals surface area contributed by atoms with Crippen LogP contribution in [0.5, 0.6) is 5.75 Å². The quantitative estimate of drug-likeness (QED) is 0.891. The molecule has 2 aromatic carbocycles. The van der Waals surface area contributed by atoms with E-state index in [9.17, 15) is 4.79 Å². The lowest BCUT2D eigenvalue weighted by Crippen LogP contribution is -2.41. The Labute approximate surface area is 150 Å². The molecule has 0 spiro atoms. The summed E-state index contributed by atoms with van der Waals surface area (Å²) in [5.41, 5.74) is 5.48. The van der Waals surface area contributed by atoms with Gasteiger partial charge in [-0.25, -0.2) is 0 Å². The molecule has 0 aliphatic carbocycles. The van der Waals surface area contributed by atoms with Gasteiger partial charge in [0.05, 0.1) is 12.5 Å². The molecule has 1 N–H and O–H groups in total. The second-order valence-electron chi connectivity index (χ2n) is 7.82. The van der Waals surface area contributed by atoms with Gasteiger partial charge in [-0.1, -0.05) is 35.9 Å². The van der Waals surface area contributed by atoms with Gasteiger partial charge in [0.25, 0.3) is 0 Å². The van der Waals surface area contributed by atoms with Gasteiger partial charge in [0.15, 0.2) is 0 Å². The maximum absolute atomic E-state index is 12.6. The van der Waals surface area contributed by atoms with Gasteiger partial charge >= 0.3 is 0 Å². The largest absolute Gasteiger partial charge is 0.487 e. The van der Waals surface area contributed by atoms with E-state index >= 15 is 0 Å². The molecule has 1 aliphatic heterocycles. The summed E-state index contributed by atoms with van der Waals surface area (Å²) < 4.78 is 6.08. The van der Waals surface area contributed by atoms with E-state index in [1.54, 1.807) is 0 Å². The predicted molar refractivity (Wildman–Crippen MR) is 101 cm³/mol. The van der Waals surface area contributed by atoms with Crippen LogP contribution in [0, 0.1) is 20.8 Å². The van der Waals surface area contributed by atoms with E-state index in [1.165, 1.54) is 16.7 Å². The summed E-state index contributed by atoms with van der Waals surface area (Å²) in [6.07, 6.45) is 1.17. The Bertz CT molecular complexity index is 808. The fourth-order valence-corrected chi connectivity index (χ4v) is 3.45. The number of benzene rings is 2. The van der Waals surface area contributed by atoms with Crippen LogP contribution in [0.3, 0.4) is 0 Å². The SMILES string of the molecule is Cc1ccc2c(c1)C(NC(=O)Cc1ccc(C)c(C)c1)CC(C)(C)O2. The lowest BCUT2D eigenvalue weighted by atomic mass is 9.88. The zero-order valence-electron chi connectivity index (χ0n) is 15.8. The van der Waals surface area contributed by atoms with Crippen molar-refractivity contribution in [2.75, 3.05) is 0 Å². The minimum absolute atomic E-state index is 0.0160. The van der Waals surface area contributed by atoms with Crippen LogP contribution in [0.4, 0.5) is 0 Å². The summed E-state index contributed by atoms with van der Waals surface area (Å²) in [5, 5.41) is 3.22. The Morgan fingerprint density at radius 3 is 2.60 bits per heavy atom. The number of aryl methyl sites for hydroxylation is 3. The maximum atomic E-state index is 12.6. The van der Waals surface area contributed by atoms with Gasteiger partial charge in [0.2, 0.25) is 5.91 Å². The number of rotatable bonds is 3. The average Bonchev–Trinajstić information content (AvgIpc) is 2.51. The van der Waals surface area contributed by atoms with Crippen molar-refractivity contribution in [3.8, 4) is 5.75 Å². The smallest absolute Gasteiger partial charge is 0.224 e. The molecule has 1 atom stereocenters. The van der Waals surface area contributed by atoms with Crippen molar-refractivity contribution in [2.24, 2.45) is 0 Å². The monoisotopic (exact) mass is 337 g/mol. The van der Waals surface area contributed by atoms with Gasteiger partial charge in [-0.05, 0) is 57.4 Å².